The molecule has 0 unspecified atom stereocenters. The van der Waals surface area contributed by atoms with Crippen LogP contribution in [0.25, 0.3) is 10.9 Å². The second kappa shape index (κ2) is 6.69. The Morgan fingerprint density at radius 1 is 1.20 bits per heavy atom. The molecule has 2 rings (SSSR count). The molecule has 0 radical (unpaired) electrons. The summed E-state index contributed by atoms with van der Waals surface area (Å²) in [6, 6.07) is 8.12. The van der Waals surface area contributed by atoms with E-state index in [1.807, 2.05) is 29.9 Å². The maximum atomic E-state index is 12.5. The van der Waals surface area contributed by atoms with Crippen molar-refractivity contribution >= 4 is 16.7 Å². The highest BCUT2D eigenvalue weighted by atomic mass is 16.1. The van der Waals surface area contributed by atoms with Gasteiger partial charge in [0.15, 0.2) is 0 Å². The average molecular weight is 272 g/mol. The van der Waals surface area contributed by atoms with Crippen LogP contribution in [0.5, 0.6) is 0 Å². The molecular weight excluding hydrogens is 248 g/mol. The van der Waals surface area contributed by atoms with Crippen molar-refractivity contribution in [3.8, 4) is 0 Å². The number of hydrogen-bond acceptors (Lipinski definition) is 2. The lowest BCUT2D eigenvalue weighted by molar-refractivity contribution is -0.122. The number of nitrogens with zero attached hydrogens (tertiary/aromatic N) is 2. The van der Waals surface area contributed by atoms with E-state index in [9.17, 15) is 4.79 Å². The number of para-hydroxylation sites is 1. The van der Waals surface area contributed by atoms with E-state index in [1.54, 1.807) is 0 Å². The van der Waals surface area contributed by atoms with Gasteiger partial charge in [0.1, 0.15) is 5.78 Å². The molecule has 0 aliphatic rings. The molecular formula is C17H24N2O. The first-order valence-corrected chi connectivity index (χ1v) is 7.60. The quantitative estimate of drug-likeness (QED) is 0.766. The molecule has 2 aromatic rings. The lowest BCUT2D eigenvalue weighted by atomic mass is 9.91. The first-order valence-electron chi connectivity index (χ1n) is 7.60. The van der Waals surface area contributed by atoms with Crippen molar-refractivity contribution in [3.63, 3.8) is 0 Å². The van der Waals surface area contributed by atoms with E-state index in [4.69, 9.17) is 0 Å². The number of carbonyl (C=O) groups excluding carboxylic acids is 1. The lowest BCUT2D eigenvalue weighted by Crippen LogP contribution is -2.17. The van der Waals surface area contributed by atoms with E-state index >= 15 is 0 Å². The van der Waals surface area contributed by atoms with E-state index in [0.29, 0.717) is 12.2 Å². The van der Waals surface area contributed by atoms with Gasteiger partial charge in [-0.05, 0) is 18.9 Å². The van der Waals surface area contributed by atoms with Crippen LogP contribution in [0.2, 0.25) is 0 Å². The fraction of sp³-hybridized carbons (Fsp3) is 0.529. The van der Waals surface area contributed by atoms with Crippen molar-refractivity contribution in [2.75, 3.05) is 0 Å². The Morgan fingerprint density at radius 3 is 2.50 bits per heavy atom. The number of ketones is 1. The van der Waals surface area contributed by atoms with Crippen LogP contribution >= 0.6 is 0 Å². The van der Waals surface area contributed by atoms with E-state index in [0.717, 1.165) is 42.3 Å². The third kappa shape index (κ3) is 3.09. The minimum absolute atomic E-state index is 0.200. The number of hydrogen-bond donors (Lipinski definition) is 0. The van der Waals surface area contributed by atoms with Gasteiger partial charge in [0, 0.05) is 18.4 Å². The van der Waals surface area contributed by atoms with Gasteiger partial charge >= 0.3 is 0 Å². The average Bonchev–Trinajstić information content (AvgIpc) is 2.76. The molecule has 108 valence electrons. The predicted octanol–water partition coefficient (Wildman–Crippen LogP) is 3.90. The SMILES string of the molecule is CCCC(CCC)C(=O)Cc1nn(C)c2ccccc12. The summed E-state index contributed by atoms with van der Waals surface area (Å²) < 4.78 is 1.87. The zero-order chi connectivity index (χ0) is 14.5. The standard InChI is InChI=1S/C17H24N2O/c1-4-8-13(9-5-2)17(20)12-15-14-10-6-7-11-16(14)19(3)18-15/h6-7,10-11,13H,4-5,8-9,12H2,1-3H3. The van der Waals surface area contributed by atoms with Crippen LogP contribution in [0, 0.1) is 5.92 Å². The number of benzene rings is 1. The zero-order valence-electron chi connectivity index (χ0n) is 12.7. The van der Waals surface area contributed by atoms with Crippen molar-refractivity contribution in [3.05, 3.63) is 30.0 Å². The topological polar surface area (TPSA) is 34.9 Å². The molecule has 0 saturated heterocycles. The Bertz CT molecular complexity index is 580. The highest BCUT2D eigenvalue weighted by molar-refractivity contribution is 5.89. The first kappa shape index (κ1) is 14.8. The Balaban J connectivity index is 2.20. The predicted molar refractivity (Wildman–Crippen MR) is 82.7 cm³/mol. The van der Waals surface area contributed by atoms with Crippen LogP contribution in [-0.2, 0) is 18.3 Å². The summed E-state index contributed by atoms with van der Waals surface area (Å²) in [5, 5.41) is 5.63. The number of carbonyl (C=O) groups is 1. The van der Waals surface area contributed by atoms with Crippen molar-refractivity contribution in [1.29, 1.82) is 0 Å². The molecule has 3 nitrogen and oxygen atoms in total. The molecule has 0 amide bonds. The van der Waals surface area contributed by atoms with Crippen molar-refractivity contribution in [1.82, 2.24) is 9.78 Å². The van der Waals surface area contributed by atoms with Crippen LogP contribution in [-0.4, -0.2) is 15.6 Å². The maximum Gasteiger partial charge on any atom is 0.142 e. The Labute approximate surface area is 121 Å². The number of fused-ring (bicyclic) bond motifs is 1. The Morgan fingerprint density at radius 2 is 1.85 bits per heavy atom. The summed E-state index contributed by atoms with van der Waals surface area (Å²) in [6.07, 6.45) is 4.60. The summed E-state index contributed by atoms with van der Waals surface area (Å²) in [4.78, 5) is 12.5. The van der Waals surface area contributed by atoms with Gasteiger partial charge in [-0.15, -0.1) is 0 Å². The highest BCUT2D eigenvalue weighted by Gasteiger charge is 2.19. The molecule has 0 N–H and O–H groups in total. The van der Waals surface area contributed by atoms with E-state index in [-0.39, 0.29) is 5.92 Å². The summed E-state index contributed by atoms with van der Waals surface area (Å²) in [6.45, 7) is 4.29. The monoisotopic (exact) mass is 272 g/mol. The molecule has 1 heterocycles. The Kier molecular flexibility index (Phi) is 4.94. The van der Waals surface area contributed by atoms with E-state index < -0.39 is 0 Å². The number of aryl methyl sites for hydroxylation is 1. The molecule has 0 spiro atoms. The maximum absolute atomic E-state index is 12.5. The third-order valence-corrected chi connectivity index (χ3v) is 3.91. The molecule has 1 aromatic carbocycles. The lowest BCUT2D eigenvalue weighted by Gasteiger charge is -2.13. The number of Topliss-reactive ketones (excluding diaryl/α,β-unsaturated/α-hetero) is 1. The molecule has 20 heavy (non-hydrogen) atoms. The first-order chi connectivity index (χ1) is 9.67. The Hall–Kier alpha value is -1.64. The molecule has 3 heteroatoms. The molecule has 0 aliphatic heterocycles. The van der Waals surface area contributed by atoms with Gasteiger partial charge in [0.25, 0.3) is 0 Å². The van der Waals surface area contributed by atoms with Crippen LogP contribution in [0.4, 0.5) is 0 Å². The largest absolute Gasteiger partial charge is 0.299 e. The fourth-order valence-corrected chi connectivity index (χ4v) is 2.89. The van der Waals surface area contributed by atoms with Gasteiger partial charge in [-0.3, -0.25) is 9.48 Å². The normalized spacial score (nSPS) is 11.4. The second-order valence-electron chi connectivity index (χ2n) is 5.50. The molecule has 0 fully saturated rings. The third-order valence-electron chi connectivity index (χ3n) is 3.91. The fourth-order valence-electron chi connectivity index (χ4n) is 2.89. The van der Waals surface area contributed by atoms with Gasteiger partial charge in [-0.25, -0.2) is 0 Å². The zero-order valence-corrected chi connectivity index (χ0v) is 12.7. The number of aromatic nitrogens is 2. The van der Waals surface area contributed by atoms with E-state index in [1.165, 1.54) is 0 Å². The summed E-state index contributed by atoms with van der Waals surface area (Å²) in [5.74, 6) is 0.545. The van der Waals surface area contributed by atoms with Crippen molar-refractivity contribution < 1.29 is 4.79 Å². The molecule has 0 atom stereocenters. The van der Waals surface area contributed by atoms with Gasteiger partial charge < -0.3 is 0 Å². The van der Waals surface area contributed by atoms with Crippen LogP contribution in [0.1, 0.15) is 45.2 Å². The second-order valence-corrected chi connectivity index (χ2v) is 5.50. The van der Waals surface area contributed by atoms with E-state index in [2.05, 4.69) is 25.0 Å². The van der Waals surface area contributed by atoms with Crippen LogP contribution < -0.4 is 0 Å². The van der Waals surface area contributed by atoms with Gasteiger partial charge in [0.2, 0.25) is 0 Å². The minimum Gasteiger partial charge on any atom is -0.299 e. The number of rotatable bonds is 7. The molecule has 1 aromatic heterocycles. The smallest absolute Gasteiger partial charge is 0.142 e. The van der Waals surface area contributed by atoms with Crippen molar-refractivity contribution in [2.45, 2.75) is 46.0 Å². The highest BCUT2D eigenvalue weighted by Crippen LogP contribution is 2.21. The van der Waals surface area contributed by atoms with Gasteiger partial charge in [-0.1, -0.05) is 44.9 Å². The van der Waals surface area contributed by atoms with Gasteiger partial charge in [-0.2, -0.15) is 5.10 Å². The van der Waals surface area contributed by atoms with Crippen molar-refractivity contribution in [2.24, 2.45) is 13.0 Å². The summed E-state index contributed by atoms with van der Waals surface area (Å²) in [5.41, 5.74) is 2.02. The molecule has 0 aliphatic carbocycles. The molecule has 0 saturated carbocycles. The summed E-state index contributed by atoms with van der Waals surface area (Å²) >= 11 is 0. The molecule has 0 bridgehead atoms. The minimum atomic E-state index is 0.200. The van der Waals surface area contributed by atoms with Crippen LogP contribution in [0.15, 0.2) is 24.3 Å². The van der Waals surface area contributed by atoms with Gasteiger partial charge in [0.05, 0.1) is 17.6 Å². The summed E-state index contributed by atoms with van der Waals surface area (Å²) in [7, 11) is 1.94. The van der Waals surface area contributed by atoms with Crippen LogP contribution in [0.3, 0.4) is 0 Å².